The highest BCUT2D eigenvalue weighted by molar-refractivity contribution is 4.77. The van der Waals surface area contributed by atoms with Gasteiger partial charge in [-0.2, -0.15) is 13.2 Å². The van der Waals surface area contributed by atoms with E-state index in [-0.39, 0.29) is 6.61 Å². The summed E-state index contributed by atoms with van der Waals surface area (Å²) in [6, 6.07) is 0.506. The number of nitrogens with zero attached hydrogens (tertiary/aromatic N) is 1. The first-order valence-corrected chi connectivity index (χ1v) is 6.61. The zero-order chi connectivity index (χ0) is 13.4. The normalized spacial score (nSPS) is 17.8. The molecule has 0 aliphatic heterocycles. The Labute approximate surface area is 106 Å². The molecular formula is C12H23F3N2O. The summed E-state index contributed by atoms with van der Waals surface area (Å²) >= 11 is 0. The number of alkyl halides is 3. The van der Waals surface area contributed by atoms with Crippen molar-refractivity contribution in [2.24, 2.45) is 5.73 Å². The first kappa shape index (κ1) is 15.7. The van der Waals surface area contributed by atoms with Gasteiger partial charge in [0.1, 0.15) is 6.61 Å². The molecule has 3 nitrogen and oxygen atoms in total. The third kappa shape index (κ3) is 6.56. The van der Waals surface area contributed by atoms with Crippen LogP contribution in [0.1, 0.15) is 32.1 Å². The van der Waals surface area contributed by atoms with Crippen LogP contribution < -0.4 is 5.73 Å². The Morgan fingerprint density at radius 3 is 2.39 bits per heavy atom. The maximum Gasteiger partial charge on any atom is 0.411 e. The maximum absolute atomic E-state index is 11.9. The lowest BCUT2D eigenvalue weighted by Crippen LogP contribution is -2.38. The number of ether oxygens (including phenoxy) is 1. The van der Waals surface area contributed by atoms with Crippen LogP contribution in [-0.4, -0.2) is 50.0 Å². The summed E-state index contributed by atoms with van der Waals surface area (Å²) in [4.78, 5) is 2.23. The summed E-state index contributed by atoms with van der Waals surface area (Å²) in [5, 5.41) is 0. The smallest absolute Gasteiger partial charge is 0.371 e. The van der Waals surface area contributed by atoms with Crippen LogP contribution in [0.2, 0.25) is 0 Å². The Hall–Kier alpha value is -0.330. The lowest BCUT2D eigenvalue weighted by Gasteiger charge is -2.28. The molecule has 1 aliphatic carbocycles. The van der Waals surface area contributed by atoms with E-state index in [1.54, 1.807) is 0 Å². The minimum atomic E-state index is -4.23. The molecule has 0 atom stereocenters. The second-order valence-electron chi connectivity index (χ2n) is 4.78. The molecule has 0 aromatic rings. The van der Waals surface area contributed by atoms with Gasteiger partial charge in [0.2, 0.25) is 0 Å². The fourth-order valence-corrected chi connectivity index (χ4v) is 2.41. The highest BCUT2D eigenvalue weighted by atomic mass is 19.4. The first-order valence-electron chi connectivity index (χ1n) is 6.61. The van der Waals surface area contributed by atoms with Gasteiger partial charge in [-0.1, -0.05) is 12.8 Å². The third-order valence-electron chi connectivity index (χ3n) is 3.28. The van der Waals surface area contributed by atoms with Crippen LogP contribution in [0, 0.1) is 0 Å². The van der Waals surface area contributed by atoms with Crippen molar-refractivity contribution < 1.29 is 17.9 Å². The molecule has 0 amide bonds. The molecule has 2 N–H and O–H groups in total. The third-order valence-corrected chi connectivity index (χ3v) is 3.28. The molecule has 0 spiro atoms. The van der Waals surface area contributed by atoms with Crippen molar-refractivity contribution in [1.82, 2.24) is 4.90 Å². The Morgan fingerprint density at radius 2 is 1.83 bits per heavy atom. The molecule has 1 aliphatic rings. The number of nitrogens with two attached hydrogens (primary N) is 1. The molecule has 1 rings (SSSR count). The van der Waals surface area contributed by atoms with Crippen LogP contribution >= 0.6 is 0 Å². The molecule has 6 heteroatoms. The Bertz CT molecular complexity index is 218. The number of halogens is 3. The van der Waals surface area contributed by atoms with Crippen LogP contribution in [0.15, 0.2) is 0 Å². The molecule has 108 valence electrons. The van der Waals surface area contributed by atoms with Crippen molar-refractivity contribution in [3.8, 4) is 0 Å². The molecule has 18 heavy (non-hydrogen) atoms. The van der Waals surface area contributed by atoms with E-state index in [0.29, 0.717) is 19.1 Å². The summed E-state index contributed by atoms with van der Waals surface area (Å²) in [7, 11) is 0. The summed E-state index contributed by atoms with van der Waals surface area (Å²) in [6.07, 6.45) is 1.37. The highest BCUT2D eigenvalue weighted by Gasteiger charge is 2.28. The molecule has 1 fully saturated rings. The van der Waals surface area contributed by atoms with Crippen molar-refractivity contribution in [1.29, 1.82) is 0 Å². The van der Waals surface area contributed by atoms with Crippen molar-refractivity contribution in [2.75, 3.05) is 32.8 Å². The fourth-order valence-electron chi connectivity index (χ4n) is 2.41. The van der Waals surface area contributed by atoms with Crippen molar-refractivity contribution in [3.05, 3.63) is 0 Å². The highest BCUT2D eigenvalue weighted by Crippen LogP contribution is 2.23. The Kier molecular flexibility index (Phi) is 6.96. The average Bonchev–Trinajstić information content (AvgIpc) is 2.80. The van der Waals surface area contributed by atoms with Gasteiger partial charge in [0, 0.05) is 12.6 Å². The predicted octanol–water partition coefficient (Wildman–Crippen LogP) is 2.16. The first-order chi connectivity index (χ1) is 8.53. The van der Waals surface area contributed by atoms with Crippen LogP contribution in [-0.2, 0) is 4.74 Å². The Balaban J connectivity index is 2.23. The van der Waals surface area contributed by atoms with E-state index < -0.39 is 12.8 Å². The molecule has 0 aromatic carbocycles. The molecular weight excluding hydrogens is 245 g/mol. The van der Waals surface area contributed by atoms with Crippen LogP contribution in [0.5, 0.6) is 0 Å². The van der Waals surface area contributed by atoms with E-state index in [9.17, 15) is 13.2 Å². The second kappa shape index (κ2) is 7.96. The van der Waals surface area contributed by atoms with Gasteiger partial charge in [0.25, 0.3) is 0 Å². The SMILES string of the molecule is NCCCN(CCOCC(F)(F)F)C1CCCC1. The molecule has 0 saturated heterocycles. The molecule has 0 bridgehead atoms. The van der Waals surface area contributed by atoms with Gasteiger partial charge in [-0.25, -0.2) is 0 Å². The van der Waals surface area contributed by atoms with Crippen molar-refractivity contribution in [2.45, 2.75) is 44.3 Å². The van der Waals surface area contributed by atoms with Gasteiger partial charge in [-0.15, -0.1) is 0 Å². The standard InChI is InChI=1S/C12H23F3N2O/c13-12(14,15)10-18-9-8-17(7-3-6-16)11-4-1-2-5-11/h11H,1-10,16H2. The Morgan fingerprint density at radius 1 is 1.17 bits per heavy atom. The minimum absolute atomic E-state index is 0.139. The van der Waals surface area contributed by atoms with Gasteiger partial charge in [0.15, 0.2) is 0 Å². The van der Waals surface area contributed by atoms with Gasteiger partial charge < -0.3 is 10.5 Å². The summed E-state index contributed by atoms with van der Waals surface area (Å²) in [5.41, 5.74) is 5.48. The lowest BCUT2D eigenvalue weighted by molar-refractivity contribution is -0.174. The summed E-state index contributed by atoms with van der Waals surface area (Å²) in [5.74, 6) is 0. The molecule has 0 heterocycles. The van der Waals surface area contributed by atoms with Crippen molar-refractivity contribution in [3.63, 3.8) is 0 Å². The predicted molar refractivity (Wildman–Crippen MR) is 64.4 cm³/mol. The van der Waals surface area contributed by atoms with E-state index >= 15 is 0 Å². The topological polar surface area (TPSA) is 38.5 Å². The van der Waals surface area contributed by atoms with Gasteiger partial charge in [-0.05, 0) is 32.4 Å². The minimum Gasteiger partial charge on any atom is -0.371 e. The second-order valence-corrected chi connectivity index (χ2v) is 4.78. The van der Waals surface area contributed by atoms with Crippen molar-refractivity contribution >= 4 is 0 Å². The van der Waals surface area contributed by atoms with Gasteiger partial charge >= 0.3 is 6.18 Å². The van der Waals surface area contributed by atoms with Gasteiger partial charge in [-0.3, -0.25) is 4.90 Å². The summed E-state index contributed by atoms with van der Waals surface area (Å²) in [6.45, 7) is 1.03. The van der Waals surface area contributed by atoms with Crippen LogP contribution in [0.3, 0.4) is 0 Å². The number of hydrogen-bond donors (Lipinski definition) is 1. The van der Waals surface area contributed by atoms with Crippen LogP contribution in [0.4, 0.5) is 13.2 Å². The number of hydrogen-bond acceptors (Lipinski definition) is 3. The largest absolute Gasteiger partial charge is 0.411 e. The van der Waals surface area contributed by atoms with E-state index in [1.807, 2.05) is 0 Å². The summed E-state index contributed by atoms with van der Waals surface area (Å²) < 4.78 is 40.5. The molecule has 0 unspecified atom stereocenters. The quantitative estimate of drug-likeness (QED) is 0.686. The molecule has 1 saturated carbocycles. The average molecular weight is 268 g/mol. The fraction of sp³-hybridized carbons (Fsp3) is 1.00. The molecule has 0 aromatic heterocycles. The number of rotatable bonds is 8. The van der Waals surface area contributed by atoms with E-state index in [1.165, 1.54) is 12.8 Å². The van der Waals surface area contributed by atoms with E-state index in [2.05, 4.69) is 9.64 Å². The maximum atomic E-state index is 11.9. The van der Waals surface area contributed by atoms with E-state index in [0.717, 1.165) is 25.8 Å². The zero-order valence-corrected chi connectivity index (χ0v) is 10.7. The molecule has 0 radical (unpaired) electrons. The van der Waals surface area contributed by atoms with Gasteiger partial charge in [0.05, 0.1) is 6.61 Å². The zero-order valence-electron chi connectivity index (χ0n) is 10.7. The van der Waals surface area contributed by atoms with E-state index in [4.69, 9.17) is 5.73 Å². The van der Waals surface area contributed by atoms with Crippen LogP contribution in [0.25, 0.3) is 0 Å². The lowest BCUT2D eigenvalue weighted by atomic mass is 10.2. The monoisotopic (exact) mass is 268 g/mol.